The molecule has 1 aliphatic carbocycles. The highest BCUT2D eigenvalue weighted by molar-refractivity contribution is 6.04. The van der Waals surface area contributed by atoms with Gasteiger partial charge in [0, 0.05) is 16.8 Å². The number of amides is 1. The summed E-state index contributed by atoms with van der Waals surface area (Å²) in [5.41, 5.74) is 3.94. The van der Waals surface area contributed by atoms with Crippen molar-refractivity contribution in [3.8, 4) is 0 Å². The third-order valence-electron chi connectivity index (χ3n) is 3.42. The summed E-state index contributed by atoms with van der Waals surface area (Å²) in [7, 11) is 0. The van der Waals surface area contributed by atoms with Gasteiger partial charge in [0.2, 0.25) is 0 Å². The van der Waals surface area contributed by atoms with E-state index >= 15 is 0 Å². The van der Waals surface area contributed by atoms with Crippen molar-refractivity contribution in [3.63, 3.8) is 0 Å². The standard InChI is InChI=1S/C15H15N3O/c1-10-5-7-11(8-6-10)15(19)18-14-12-3-2-4-13(12)16-9-17-14/h5-9H,2-4H2,1H3,(H,16,17,18,19). The van der Waals surface area contributed by atoms with Crippen LogP contribution in [0, 0.1) is 6.92 Å². The van der Waals surface area contributed by atoms with Gasteiger partial charge < -0.3 is 5.32 Å². The van der Waals surface area contributed by atoms with Crippen LogP contribution in [-0.2, 0) is 12.8 Å². The van der Waals surface area contributed by atoms with E-state index in [2.05, 4.69) is 15.3 Å². The molecule has 1 N–H and O–H groups in total. The zero-order valence-electron chi connectivity index (χ0n) is 10.8. The number of fused-ring (bicyclic) bond motifs is 1. The number of aryl methyl sites for hydroxylation is 2. The highest BCUT2D eigenvalue weighted by atomic mass is 16.1. The fraction of sp³-hybridized carbons (Fsp3) is 0.267. The van der Waals surface area contributed by atoms with Crippen molar-refractivity contribution in [3.05, 3.63) is 53.0 Å². The van der Waals surface area contributed by atoms with Crippen molar-refractivity contribution in [1.82, 2.24) is 9.97 Å². The molecule has 4 heteroatoms. The molecule has 19 heavy (non-hydrogen) atoms. The number of benzene rings is 1. The molecule has 0 atom stereocenters. The maximum atomic E-state index is 12.2. The Hall–Kier alpha value is -2.23. The first kappa shape index (κ1) is 11.8. The second-order valence-electron chi connectivity index (χ2n) is 4.82. The minimum Gasteiger partial charge on any atom is -0.306 e. The molecule has 0 bridgehead atoms. The molecule has 1 aliphatic rings. The molecular formula is C15H15N3O. The van der Waals surface area contributed by atoms with E-state index < -0.39 is 0 Å². The van der Waals surface area contributed by atoms with E-state index in [1.165, 1.54) is 6.33 Å². The predicted octanol–water partition coefficient (Wildman–Crippen LogP) is 2.53. The Morgan fingerprint density at radius 2 is 1.95 bits per heavy atom. The summed E-state index contributed by atoms with van der Waals surface area (Å²) in [4.78, 5) is 20.6. The van der Waals surface area contributed by atoms with E-state index in [9.17, 15) is 4.79 Å². The van der Waals surface area contributed by atoms with Gasteiger partial charge in [0.05, 0.1) is 0 Å². The summed E-state index contributed by atoms with van der Waals surface area (Å²) >= 11 is 0. The Labute approximate surface area is 111 Å². The average Bonchev–Trinajstić information content (AvgIpc) is 2.89. The number of anilines is 1. The van der Waals surface area contributed by atoms with Crippen LogP contribution in [0.5, 0.6) is 0 Å². The molecule has 1 heterocycles. The lowest BCUT2D eigenvalue weighted by atomic mass is 10.1. The van der Waals surface area contributed by atoms with Crippen LogP contribution in [0.1, 0.15) is 33.6 Å². The second-order valence-corrected chi connectivity index (χ2v) is 4.82. The Kier molecular flexibility index (Phi) is 2.99. The van der Waals surface area contributed by atoms with Gasteiger partial charge in [0.1, 0.15) is 12.1 Å². The monoisotopic (exact) mass is 253 g/mol. The minimum atomic E-state index is -0.118. The third kappa shape index (κ3) is 2.34. The summed E-state index contributed by atoms with van der Waals surface area (Å²) in [5.74, 6) is 0.542. The molecule has 0 saturated carbocycles. The highest BCUT2D eigenvalue weighted by Gasteiger charge is 2.18. The lowest BCUT2D eigenvalue weighted by molar-refractivity contribution is 0.102. The Bertz CT molecular complexity index is 620. The first-order valence-corrected chi connectivity index (χ1v) is 6.45. The van der Waals surface area contributed by atoms with Gasteiger partial charge >= 0.3 is 0 Å². The lowest BCUT2D eigenvalue weighted by Crippen LogP contribution is -2.14. The fourth-order valence-electron chi connectivity index (χ4n) is 2.35. The van der Waals surface area contributed by atoms with Crippen LogP contribution >= 0.6 is 0 Å². The number of nitrogens with one attached hydrogen (secondary N) is 1. The summed E-state index contributed by atoms with van der Waals surface area (Å²) in [5, 5.41) is 2.89. The predicted molar refractivity (Wildman–Crippen MR) is 73.2 cm³/mol. The summed E-state index contributed by atoms with van der Waals surface area (Å²) in [6, 6.07) is 7.51. The molecule has 0 radical (unpaired) electrons. The van der Waals surface area contributed by atoms with Crippen LogP contribution < -0.4 is 5.32 Å². The molecule has 0 saturated heterocycles. The Morgan fingerprint density at radius 3 is 2.74 bits per heavy atom. The number of nitrogens with zero attached hydrogens (tertiary/aromatic N) is 2. The third-order valence-corrected chi connectivity index (χ3v) is 3.42. The number of hydrogen-bond acceptors (Lipinski definition) is 3. The molecule has 1 aromatic heterocycles. The number of rotatable bonds is 2. The van der Waals surface area contributed by atoms with Crippen molar-refractivity contribution in [2.24, 2.45) is 0 Å². The van der Waals surface area contributed by atoms with E-state index in [0.29, 0.717) is 11.4 Å². The Morgan fingerprint density at radius 1 is 1.16 bits per heavy atom. The van der Waals surface area contributed by atoms with Crippen molar-refractivity contribution in [2.75, 3.05) is 5.32 Å². The maximum absolute atomic E-state index is 12.2. The zero-order chi connectivity index (χ0) is 13.2. The van der Waals surface area contributed by atoms with Crippen molar-refractivity contribution in [1.29, 1.82) is 0 Å². The fourth-order valence-corrected chi connectivity index (χ4v) is 2.35. The van der Waals surface area contributed by atoms with Crippen LogP contribution in [-0.4, -0.2) is 15.9 Å². The second kappa shape index (κ2) is 4.80. The number of carbonyl (C=O) groups is 1. The molecule has 0 unspecified atom stereocenters. The van der Waals surface area contributed by atoms with Crippen LogP contribution in [0.15, 0.2) is 30.6 Å². The quantitative estimate of drug-likeness (QED) is 0.894. The van der Waals surface area contributed by atoms with Crippen molar-refractivity contribution < 1.29 is 4.79 Å². The molecule has 1 aromatic carbocycles. The van der Waals surface area contributed by atoms with Crippen LogP contribution in [0.25, 0.3) is 0 Å². The van der Waals surface area contributed by atoms with Gasteiger partial charge in [-0.25, -0.2) is 9.97 Å². The number of aromatic nitrogens is 2. The number of carbonyl (C=O) groups excluding carboxylic acids is 1. The topological polar surface area (TPSA) is 54.9 Å². The largest absolute Gasteiger partial charge is 0.306 e. The summed E-state index contributed by atoms with van der Waals surface area (Å²) < 4.78 is 0. The first-order valence-electron chi connectivity index (χ1n) is 6.45. The normalized spacial score (nSPS) is 13.1. The van der Waals surface area contributed by atoms with Gasteiger partial charge in [0.15, 0.2) is 0 Å². The molecule has 96 valence electrons. The first-order chi connectivity index (χ1) is 9.24. The van der Waals surface area contributed by atoms with Gasteiger partial charge in [-0.15, -0.1) is 0 Å². The van der Waals surface area contributed by atoms with Crippen LogP contribution in [0.3, 0.4) is 0 Å². The van der Waals surface area contributed by atoms with E-state index in [4.69, 9.17) is 0 Å². The van der Waals surface area contributed by atoms with Gasteiger partial charge in [-0.2, -0.15) is 0 Å². The summed E-state index contributed by atoms with van der Waals surface area (Å²) in [6.45, 7) is 2.00. The average molecular weight is 253 g/mol. The SMILES string of the molecule is Cc1ccc(C(=O)Nc2ncnc3c2CCC3)cc1. The van der Waals surface area contributed by atoms with Crippen molar-refractivity contribution >= 4 is 11.7 Å². The molecule has 2 aromatic rings. The molecule has 3 rings (SSSR count). The van der Waals surface area contributed by atoms with E-state index in [1.807, 2.05) is 31.2 Å². The smallest absolute Gasteiger partial charge is 0.256 e. The zero-order valence-corrected chi connectivity index (χ0v) is 10.8. The van der Waals surface area contributed by atoms with E-state index in [-0.39, 0.29) is 5.91 Å². The van der Waals surface area contributed by atoms with Gasteiger partial charge in [-0.3, -0.25) is 4.79 Å². The highest BCUT2D eigenvalue weighted by Crippen LogP contribution is 2.25. The van der Waals surface area contributed by atoms with Crippen molar-refractivity contribution in [2.45, 2.75) is 26.2 Å². The molecule has 0 aliphatic heterocycles. The van der Waals surface area contributed by atoms with Gasteiger partial charge in [-0.1, -0.05) is 17.7 Å². The molecular weight excluding hydrogens is 238 g/mol. The van der Waals surface area contributed by atoms with Gasteiger partial charge in [0.25, 0.3) is 5.91 Å². The van der Waals surface area contributed by atoms with Crippen LogP contribution in [0.2, 0.25) is 0 Å². The van der Waals surface area contributed by atoms with Crippen LogP contribution in [0.4, 0.5) is 5.82 Å². The van der Waals surface area contributed by atoms with E-state index in [0.717, 1.165) is 36.1 Å². The summed E-state index contributed by atoms with van der Waals surface area (Å²) in [6.07, 6.45) is 4.53. The molecule has 4 nitrogen and oxygen atoms in total. The minimum absolute atomic E-state index is 0.118. The van der Waals surface area contributed by atoms with Gasteiger partial charge in [-0.05, 0) is 38.3 Å². The maximum Gasteiger partial charge on any atom is 0.256 e. The molecule has 0 spiro atoms. The lowest BCUT2D eigenvalue weighted by Gasteiger charge is -2.08. The Balaban J connectivity index is 1.84. The molecule has 1 amide bonds. The number of hydrogen-bond donors (Lipinski definition) is 1. The molecule has 0 fully saturated rings. The van der Waals surface area contributed by atoms with E-state index in [1.54, 1.807) is 0 Å².